The Morgan fingerprint density at radius 3 is 2.62 bits per heavy atom. The van der Waals surface area contributed by atoms with Crippen LogP contribution in [0.25, 0.3) is 0 Å². The van der Waals surface area contributed by atoms with Crippen molar-refractivity contribution < 1.29 is 22.4 Å². The first-order valence-corrected chi connectivity index (χ1v) is 8.88. The van der Waals surface area contributed by atoms with Gasteiger partial charge < -0.3 is 5.32 Å². The molecule has 1 aromatic carbocycles. The third-order valence-corrected chi connectivity index (χ3v) is 4.43. The van der Waals surface area contributed by atoms with Crippen LogP contribution in [0, 0.1) is 12.7 Å². The van der Waals surface area contributed by atoms with Gasteiger partial charge in [-0.25, -0.2) is 4.39 Å². The smallest absolute Gasteiger partial charge is 0.309 e. The molecule has 0 aliphatic carbocycles. The number of alkyl halides is 3. The lowest BCUT2D eigenvalue weighted by molar-refractivity contribution is -0.141. The summed E-state index contributed by atoms with van der Waals surface area (Å²) in [6.07, 6.45) is -2.99. The fourth-order valence-corrected chi connectivity index (χ4v) is 2.86. The topological polar surface area (TPSA) is 64.7 Å². The van der Waals surface area contributed by atoms with Crippen molar-refractivity contribution in [2.75, 3.05) is 5.32 Å². The molecule has 0 aliphatic rings. The van der Waals surface area contributed by atoms with E-state index in [1.54, 1.807) is 18.3 Å². The van der Waals surface area contributed by atoms with Crippen LogP contribution < -0.4 is 5.32 Å². The van der Waals surface area contributed by atoms with Crippen LogP contribution in [0.4, 0.5) is 23.4 Å². The molecule has 1 N–H and O–H groups in total. The molecule has 0 aliphatic heterocycles. The number of aromatic nitrogens is 4. The Hall–Kier alpha value is -2.88. The van der Waals surface area contributed by atoms with E-state index in [0.29, 0.717) is 11.3 Å². The van der Waals surface area contributed by atoms with Crippen LogP contribution in [0.5, 0.6) is 0 Å². The third kappa shape index (κ3) is 5.35. The van der Waals surface area contributed by atoms with Crippen LogP contribution in [0.3, 0.4) is 0 Å². The van der Waals surface area contributed by atoms with Crippen molar-refractivity contribution in [1.82, 2.24) is 19.6 Å². The molecular weight excluding hydrogens is 414 g/mol. The quantitative estimate of drug-likeness (QED) is 0.595. The highest BCUT2D eigenvalue weighted by Gasteiger charge is 2.34. The van der Waals surface area contributed by atoms with Gasteiger partial charge in [-0.3, -0.25) is 14.2 Å². The highest BCUT2D eigenvalue weighted by atomic mass is 35.5. The lowest BCUT2D eigenvalue weighted by Gasteiger charge is -2.06. The van der Waals surface area contributed by atoms with E-state index in [4.69, 9.17) is 11.6 Å². The predicted molar refractivity (Wildman–Crippen MR) is 98.0 cm³/mol. The Balaban J connectivity index is 1.56. The van der Waals surface area contributed by atoms with Gasteiger partial charge in [-0.05, 0) is 30.7 Å². The molecule has 29 heavy (non-hydrogen) atoms. The van der Waals surface area contributed by atoms with Gasteiger partial charge in [-0.2, -0.15) is 23.4 Å². The Morgan fingerprint density at radius 2 is 1.97 bits per heavy atom. The average molecular weight is 430 g/mol. The molecule has 154 valence electrons. The number of benzene rings is 1. The number of halogens is 5. The summed E-state index contributed by atoms with van der Waals surface area (Å²) in [5.74, 6) is -0.582. The molecule has 0 saturated heterocycles. The minimum Gasteiger partial charge on any atom is -0.309 e. The van der Waals surface area contributed by atoms with E-state index in [9.17, 15) is 22.4 Å². The van der Waals surface area contributed by atoms with Crippen LogP contribution in [0.1, 0.15) is 23.4 Å². The van der Waals surface area contributed by atoms with E-state index in [1.165, 1.54) is 23.7 Å². The van der Waals surface area contributed by atoms with Crippen LogP contribution in [-0.2, 0) is 24.1 Å². The first-order chi connectivity index (χ1) is 13.6. The summed E-state index contributed by atoms with van der Waals surface area (Å²) in [6, 6.07) is 6.52. The van der Waals surface area contributed by atoms with E-state index in [2.05, 4.69) is 15.5 Å². The summed E-state index contributed by atoms with van der Waals surface area (Å²) in [7, 11) is 0. The number of carbonyl (C=O) groups excluding carboxylic acids is 1. The number of amides is 1. The molecule has 3 rings (SSSR count). The Labute approximate surface area is 168 Å². The molecule has 1 amide bonds. The molecule has 0 spiro atoms. The number of nitrogens with zero attached hydrogens (tertiary/aromatic N) is 4. The number of aryl methyl sites for hydroxylation is 2. The van der Waals surface area contributed by atoms with Crippen LogP contribution in [0.2, 0.25) is 5.02 Å². The number of rotatable bonds is 6. The second-order valence-corrected chi connectivity index (χ2v) is 6.73. The van der Waals surface area contributed by atoms with Crippen molar-refractivity contribution in [1.29, 1.82) is 0 Å². The summed E-state index contributed by atoms with van der Waals surface area (Å²) < 4.78 is 53.8. The number of hydrogen-bond acceptors (Lipinski definition) is 3. The maximum atomic E-state index is 13.1. The van der Waals surface area contributed by atoms with Crippen molar-refractivity contribution in [2.45, 2.75) is 32.6 Å². The highest BCUT2D eigenvalue weighted by molar-refractivity contribution is 6.31. The van der Waals surface area contributed by atoms with Gasteiger partial charge in [0.05, 0.1) is 6.54 Å². The zero-order valence-corrected chi connectivity index (χ0v) is 15.9. The van der Waals surface area contributed by atoms with Crippen LogP contribution >= 0.6 is 11.6 Å². The average Bonchev–Trinajstić information content (AvgIpc) is 3.22. The standard InChI is InChI=1S/C18H16ClF4N5O/c1-11-8-15(18(21,22)23)25-28(11)7-5-17(29)24-16-4-6-27(26-16)10-12-2-3-13(20)9-14(12)19/h2-4,6,8-9H,5,7,10H2,1H3,(H,24,26,29). The first kappa shape index (κ1) is 20.8. The SMILES string of the molecule is Cc1cc(C(F)(F)F)nn1CCC(=O)Nc1ccn(Cc2ccc(F)cc2Cl)n1. The maximum Gasteiger partial charge on any atom is 0.435 e. The summed E-state index contributed by atoms with van der Waals surface area (Å²) >= 11 is 5.98. The normalized spacial score (nSPS) is 11.7. The van der Waals surface area contributed by atoms with Gasteiger partial charge in [-0.1, -0.05) is 17.7 Å². The molecule has 0 radical (unpaired) electrons. The first-order valence-electron chi connectivity index (χ1n) is 8.51. The monoisotopic (exact) mass is 429 g/mol. The summed E-state index contributed by atoms with van der Waals surface area (Å²) in [4.78, 5) is 12.1. The molecule has 6 nitrogen and oxygen atoms in total. The van der Waals surface area contributed by atoms with Gasteiger partial charge in [0, 0.05) is 35.9 Å². The summed E-state index contributed by atoms with van der Waals surface area (Å²) in [5, 5.41) is 10.5. The molecule has 0 bridgehead atoms. The fraction of sp³-hybridized carbons (Fsp3) is 0.278. The van der Waals surface area contributed by atoms with E-state index in [1.807, 2.05) is 0 Å². The van der Waals surface area contributed by atoms with E-state index < -0.39 is 23.6 Å². The minimum absolute atomic E-state index is 0.000355. The molecular formula is C18H16ClF4N5O. The number of nitrogens with one attached hydrogen (secondary N) is 1. The summed E-state index contributed by atoms with van der Waals surface area (Å²) in [5.41, 5.74) is -0.0251. The number of hydrogen-bond donors (Lipinski definition) is 1. The van der Waals surface area contributed by atoms with Crippen LogP contribution in [-0.4, -0.2) is 25.5 Å². The van der Waals surface area contributed by atoms with Crippen molar-refractivity contribution in [3.05, 3.63) is 64.3 Å². The second-order valence-electron chi connectivity index (χ2n) is 6.32. The van der Waals surface area contributed by atoms with Crippen molar-refractivity contribution in [3.63, 3.8) is 0 Å². The third-order valence-electron chi connectivity index (χ3n) is 4.08. The van der Waals surface area contributed by atoms with Gasteiger partial charge in [0.1, 0.15) is 5.82 Å². The number of carbonyl (C=O) groups is 1. The lowest BCUT2D eigenvalue weighted by atomic mass is 10.2. The van der Waals surface area contributed by atoms with Gasteiger partial charge in [-0.15, -0.1) is 0 Å². The molecule has 0 unspecified atom stereocenters. The largest absolute Gasteiger partial charge is 0.435 e. The molecule has 11 heteroatoms. The van der Waals surface area contributed by atoms with E-state index in [-0.39, 0.29) is 30.4 Å². The molecule has 0 atom stereocenters. The zero-order valence-electron chi connectivity index (χ0n) is 15.2. The molecule has 3 aromatic rings. The molecule has 2 heterocycles. The Bertz CT molecular complexity index is 1030. The van der Waals surface area contributed by atoms with Gasteiger partial charge >= 0.3 is 6.18 Å². The molecule has 0 fully saturated rings. The fourth-order valence-electron chi connectivity index (χ4n) is 2.63. The summed E-state index contributed by atoms with van der Waals surface area (Å²) in [6.45, 7) is 1.77. The second kappa shape index (κ2) is 8.24. The van der Waals surface area contributed by atoms with Gasteiger partial charge in [0.15, 0.2) is 11.5 Å². The molecule has 0 saturated carbocycles. The van der Waals surface area contributed by atoms with Gasteiger partial charge in [0.25, 0.3) is 0 Å². The predicted octanol–water partition coefficient (Wildman–Crippen LogP) is 4.28. The van der Waals surface area contributed by atoms with Crippen molar-refractivity contribution in [3.8, 4) is 0 Å². The maximum absolute atomic E-state index is 13.1. The minimum atomic E-state index is -4.53. The van der Waals surface area contributed by atoms with Gasteiger partial charge in [0.2, 0.25) is 5.91 Å². The zero-order chi connectivity index (χ0) is 21.2. The molecule has 2 aromatic heterocycles. The van der Waals surface area contributed by atoms with E-state index in [0.717, 1.165) is 10.7 Å². The lowest BCUT2D eigenvalue weighted by Crippen LogP contribution is -2.16. The van der Waals surface area contributed by atoms with Crippen molar-refractivity contribution in [2.24, 2.45) is 0 Å². The Kier molecular flexibility index (Phi) is 5.92. The van der Waals surface area contributed by atoms with Crippen LogP contribution in [0.15, 0.2) is 36.5 Å². The van der Waals surface area contributed by atoms with Crippen molar-refractivity contribution >= 4 is 23.3 Å². The number of anilines is 1. The highest BCUT2D eigenvalue weighted by Crippen LogP contribution is 2.28. The Morgan fingerprint density at radius 1 is 1.21 bits per heavy atom. The van der Waals surface area contributed by atoms with E-state index >= 15 is 0 Å².